The number of amides is 1. The van der Waals surface area contributed by atoms with Crippen LogP contribution in [0.2, 0.25) is 5.15 Å². The fourth-order valence-electron chi connectivity index (χ4n) is 2.52. The predicted octanol–water partition coefficient (Wildman–Crippen LogP) is 5.20. The molecule has 0 aliphatic heterocycles. The van der Waals surface area contributed by atoms with E-state index in [-0.39, 0.29) is 5.91 Å². The molecule has 0 aliphatic rings. The van der Waals surface area contributed by atoms with Gasteiger partial charge in [0.2, 0.25) is 0 Å². The summed E-state index contributed by atoms with van der Waals surface area (Å²) in [5.74, 6) is 0.435. The number of halogens is 1. The van der Waals surface area contributed by atoms with Crippen molar-refractivity contribution in [1.29, 1.82) is 0 Å². The predicted molar refractivity (Wildman–Crippen MR) is 104 cm³/mol. The van der Waals surface area contributed by atoms with Gasteiger partial charge in [0.15, 0.2) is 6.10 Å². The Labute approximate surface area is 157 Å². The zero-order chi connectivity index (χ0) is 18.4. The molecule has 0 bridgehead atoms. The van der Waals surface area contributed by atoms with Crippen molar-refractivity contribution in [3.63, 3.8) is 0 Å². The van der Waals surface area contributed by atoms with Gasteiger partial charge in [0.1, 0.15) is 10.9 Å². The van der Waals surface area contributed by atoms with Gasteiger partial charge in [0.05, 0.1) is 11.9 Å². The first-order valence-corrected chi connectivity index (χ1v) is 8.78. The number of hydrogen-bond donors (Lipinski definition) is 1. The Kier molecular flexibility index (Phi) is 5.87. The van der Waals surface area contributed by atoms with E-state index in [1.807, 2.05) is 49.4 Å². The minimum Gasteiger partial charge on any atom is -0.481 e. The molecular weight excluding hydrogens is 348 g/mol. The summed E-state index contributed by atoms with van der Waals surface area (Å²) in [5.41, 5.74) is 2.82. The van der Waals surface area contributed by atoms with E-state index in [9.17, 15) is 4.79 Å². The van der Waals surface area contributed by atoms with E-state index < -0.39 is 6.10 Å². The molecule has 0 radical (unpaired) electrons. The first-order chi connectivity index (χ1) is 12.7. The van der Waals surface area contributed by atoms with Gasteiger partial charge in [-0.15, -0.1) is 0 Å². The number of hydrogen-bond acceptors (Lipinski definition) is 3. The summed E-state index contributed by atoms with van der Waals surface area (Å²) < 4.78 is 5.85. The molecule has 0 saturated carbocycles. The molecule has 1 heterocycles. The highest BCUT2D eigenvalue weighted by Gasteiger charge is 2.18. The van der Waals surface area contributed by atoms with Crippen LogP contribution >= 0.6 is 11.6 Å². The van der Waals surface area contributed by atoms with E-state index in [0.717, 1.165) is 11.1 Å². The van der Waals surface area contributed by atoms with E-state index >= 15 is 0 Å². The van der Waals surface area contributed by atoms with Crippen molar-refractivity contribution in [2.75, 3.05) is 5.32 Å². The number of nitrogens with zero attached hydrogens (tertiary/aromatic N) is 1. The summed E-state index contributed by atoms with van der Waals surface area (Å²) in [4.78, 5) is 16.4. The second kappa shape index (κ2) is 8.50. The molecular formula is C21H19ClN2O2. The molecule has 3 aromatic rings. The maximum atomic E-state index is 12.4. The van der Waals surface area contributed by atoms with Crippen molar-refractivity contribution >= 4 is 23.2 Å². The maximum absolute atomic E-state index is 12.4. The zero-order valence-corrected chi connectivity index (χ0v) is 15.1. The minimum atomic E-state index is -0.590. The van der Waals surface area contributed by atoms with Crippen LogP contribution < -0.4 is 10.1 Å². The normalized spacial score (nSPS) is 11.6. The molecule has 1 N–H and O–H groups in total. The molecule has 0 fully saturated rings. The number of anilines is 1. The van der Waals surface area contributed by atoms with Crippen LogP contribution in [0.4, 0.5) is 5.69 Å². The zero-order valence-electron chi connectivity index (χ0n) is 14.4. The smallest absolute Gasteiger partial charge is 0.265 e. The molecule has 0 spiro atoms. The highest BCUT2D eigenvalue weighted by Crippen LogP contribution is 2.23. The number of benzene rings is 2. The van der Waals surface area contributed by atoms with Gasteiger partial charge in [-0.1, -0.05) is 61.0 Å². The van der Waals surface area contributed by atoms with Crippen LogP contribution in [0, 0.1) is 0 Å². The molecule has 1 aromatic heterocycles. The van der Waals surface area contributed by atoms with Crippen LogP contribution in [0.25, 0.3) is 11.1 Å². The van der Waals surface area contributed by atoms with Gasteiger partial charge in [-0.3, -0.25) is 4.79 Å². The van der Waals surface area contributed by atoms with E-state index in [0.29, 0.717) is 23.0 Å². The summed E-state index contributed by atoms with van der Waals surface area (Å²) in [7, 11) is 0. The lowest BCUT2D eigenvalue weighted by Crippen LogP contribution is -2.32. The lowest BCUT2D eigenvalue weighted by molar-refractivity contribution is -0.122. The third-order valence-corrected chi connectivity index (χ3v) is 4.12. The Morgan fingerprint density at radius 2 is 1.73 bits per heavy atom. The van der Waals surface area contributed by atoms with Crippen LogP contribution in [0.15, 0.2) is 72.9 Å². The van der Waals surface area contributed by atoms with E-state index in [2.05, 4.69) is 22.4 Å². The molecule has 5 heteroatoms. The molecule has 2 aromatic carbocycles. The SMILES string of the molecule is CCC(Oc1ccc(-c2ccccc2)cc1)C(=O)Nc1ccc(Cl)nc1. The summed E-state index contributed by atoms with van der Waals surface area (Å²) >= 11 is 5.75. The van der Waals surface area contributed by atoms with Crippen molar-refractivity contribution in [1.82, 2.24) is 4.98 Å². The van der Waals surface area contributed by atoms with Gasteiger partial charge >= 0.3 is 0 Å². The molecule has 4 nitrogen and oxygen atoms in total. The number of carbonyl (C=O) groups is 1. The highest BCUT2D eigenvalue weighted by atomic mass is 35.5. The van der Waals surface area contributed by atoms with Gasteiger partial charge in [-0.25, -0.2) is 4.98 Å². The fourth-order valence-corrected chi connectivity index (χ4v) is 2.63. The van der Waals surface area contributed by atoms with E-state index in [4.69, 9.17) is 16.3 Å². The number of nitrogens with one attached hydrogen (secondary N) is 1. The molecule has 0 saturated heterocycles. The molecule has 26 heavy (non-hydrogen) atoms. The van der Waals surface area contributed by atoms with Crippen molar-refractivity contribution in [3.05, 3.63) is 78.1 Å². The topological polar surface area (TPSA) is 51.2 Å². The van der Waals surface area contributed by atoms with Crippen LogP contribution in [0.3, 0.4) is 0 Å². The molecule has 1 atom stereocenters. The van der Waals surface area contributed by atoms with Crippen LogP contribution in [0.1, 0.15) is 13.3 Å². The average Bonchev–Trinajstić information content (AvgIpc) is 2.69. The fraction of sp³-hybridized carbons (Fsp3) is 0.143. The Balaban J connectivity index is 1.65. The molecule has 1 amide bonds. The highest BCUT2D eigenvalue weighted by molar-refractivity contribution is 6.29. The van der Waals surface area contributed by atoms with Crippen LogP contribution in [0.5, 0.6) is 5.75 Å². The van der Waals surface area contributed by atoms with Gasteiger partial charge in [0.25, 0.3) is 5.91 Å². The van der Waals surface area contributed by atoms with Gasteiger partial charge < -0.3 is 10.1 Å². The van der Waals surface area contributed by atoms with Crippen LogP contribution in [-0.2, 0) is 4.79 Å². The second-order valence-corrected chi connectivity index (χ2v) is 6.15. The van der Waals surface area contributed by atoms with Crippen molar-refractivity contribution in [2.24, 2.45) is 0 Å². The molecule has 132 valence electrons. The van der Waals surface area contributed by atoms with Gasteiger partial charge in [0, 0.05) is 0 Å². The lowest BCUT2D eigenvalue weighted by Gasteiger charge is -2.17. The third-order valence-electron chi connectivity index (χ3n) is 3.90. The summed E-state index contributed by atoms with van der Waals surface area (Å²) in [6.45, 7) is 1.91. The monoisotopic (exact) mass is 366 g/mol. The van der Waals surface area contributed by atoms with Crippen molar-refractivity contribution in [3.8, 4) is 16.9 Å². The summed E-state index contributed by atoms with van der Waals surface area (Å²) in [5, 5.41) is 3.17. The quantitative estimate of drug-likeness (QED) is 0.610. The summed E-state index contributed by atoms with van der Waals surface area (Å²) in [6.07, 6.45) is 1.47. The first kappa shape index (κ1) is 18.0. The van der Waals surface area contributed by atoms with Crippen molar-refractivity contribution < 1.29 is 9.53 Å². The van der Waals surface area contributed by atoms with E-state index in [1.54, 1.807) is 12.1 Å². The largest absolute Gasteiger partial charge is 0.481 e. The number of ether oxygens (including phenoxy) is 1. The Morgan fingerprint density at radius 1 is 1.04 bits per heavy atom. The Morgan fingerprint density at radius 3 is 2.35 bits per heavy atom. The molecule has 1 unspecified atom stereocenters. The van der Waals surface area contributed by atoms with Crippen LogP contribution in [-0.4, -0.2) is 17.0 Å². The first-order valence-electron chi connectivity index (χ1n) is 8.40. The number of carbonyl (C=O) groups excluding carboxylic acids is 1. The molecule has 0 aliphatic carbocycles. The minimum absolute atomic E-state index is 0.219. The number of rotatable bonds is 6. The van der Waals surface area contributed by atoms with Gasteiger partial charge in [-0.05, 0) is 41.8 Å². The maximum Gasteiger partial charge on any atom is 0.265 e. The number of pyridine rings is 1. The standard InChI is InChI=1S/C21H19ClN2O2/c1-2-19(21(25)24-17-10-13-20(22)23-14-17)26-18-11-8-16(9-12-18)15-6-4-3-5-7-15/h3-14,19H,2H2,1H3,(H,24,25). The van der Waals surface area contributed by atoms with Crippen molar-refractivity contribution in [2.45, 2.75) is 19.4 Å². The third kappa shape index (κ3) is 4.61. The number of aromatic nitrogens is 1. The molecule has 3 rings (SSSR count). The Hall–Kier alpha value is -2.85. The Bertz CT molecular complexity index is 849. The van der Waals surface area contributed by atoms with Gasteiger partial charge in [-0.2, -0.15) is 0 Å². The average molecular weight is 367 g/mol. The summed E-state index contributed by atoms with van der Waals surface area (Å²) in [6, 6.07) is 21.2. The lowest BCUT2D eigenvalue weighted by atomic mass is 10.1. The second-order valence-electron chi connectivity index (χ2n) is 5.76. The van der Waals surface area contributed by atoms with E-state index in [1.165, 1.54) is 6.20 Å².